The summed E-state index contributed by atoms with van der Waals surface area (Å²) < 4.78 is 16.0. The van der Waals surface area contributed by atoms with Gasteiger partial charge in [-0.05, 0) is 6.92 Å². The highest BCUT2D eigenvalue weighted by Gasteiger charge is 2.14. The van der Waals surface area contributed by atoms with Crippen molar-refractivity contribution in [3.05, 3.63) is 24.0 Å². The second kappa shape index (κ2) is 12.6. The molecule has 1 aromatic rings. The first-order valence-electron chi connectivity index (χ1n) is 8.93. The number of ether oxygens (including phenoxy) is 3. The number of rotatable bonds is 13. The number of nitrogens with zero attached hydrogens (tertiary/aromatic N) is 4. The molecule has 0 spiro atoms. The monoisotopic (exact) mass is 396 g/mol. The Balaban J connectivity index is 2.51. The summed E-state index contributed by atoms with van der Waals surface area (Å²) in [4.78, 5) is 36.0. The Labute approximate surface area is 164 Å². The Morgan fingerprint density at radius 3 is 2.29 bits per heavy atom. The Kier molecular flexibility index (Phi) is 10.5. The largest absolute Gasteiger partial charge is 0.469 e. The second-order valence-electron chi connectivity index (χ2n) is 6.17. The molecular formula is C18H28N4O6. The predicted octanol–water partition coefficient (Wildman–Crippen LogP) is 0.716. The molecule has 0 amide bonds. The molecule has 0 aromatic carbocycles. The van der Waals surface area contributed by atoms with E-state index in [4.69, 9.17) is 4.74 Å². The maximum atomic E-state index is 11.4. The molecule has 0 saturated carbocycles. The predicted molar refractivity (Wildman–Crippen MR) is 99.0 cm³/mol. The normalized spacial score (nSPS) is 10.6. The van der Waals surface area contributed by atoms with Gasteiger partial charge in [-0.25, -0.2) is 4.79 Å². The van der Waals surface area contributed by atoms with Gasteiger partial charge in [-0.2, -0.15) is 0 Å². The van der Waals surface area contributed by atoms with Gasteiger partial charge in [-0.15, -0.1) is 5.10 Å². The number of methoxy groups -OCH3 is 2. The molecule has 0 unspecified atom stereocenters. The molecule has 0 aliphatic heterocycles. The van der Waals surface area contributed by atoms with E-state index in [1.165, 1.54) is 14.2 Å². The average Bonchev–Trinajstić information content (AvgIpc) is 3.13. The summed E-state index contributed by atoms with van der Waals surface area (Å²) in [6, 6.07) is 0. The number of aromatic nitrogens is 3. The van der Waals surface area contributed by atoms with Crippen LogP contribution in [-0.2, 0) is 41.7 Å². The molecule has 0 atom stereocenters. The summed E-state index contributed by atoms with van der Waals surface area (Å²) in [5.41, 5.74) is 1.07. The highest BCUT2D eigenvalue weighted by atomic mass is 16.5. The molecule has 0 bridgehead atoms. The molecule has 0 radical (unpaired) electrons. The van der Waals surface area contributed by atoms with Crippen molar-refractivity contribution in [3.8, 4) is 0 Å². The van der Waals surface area contributed by atoms with E-state index in [-0.39, 0.29) is 31.4 Å². The van der Waals surface area contributed by atoms with Crippen LogP contribution < -0.4 is 0 Å². The molecule has 156 valence electrons. The second-order valence-corrected chi connectivity index (χ2v) is 6.17. The average molecular weight is 396 g/mol. The Morgan fingerprint density at radius 1 is 1.14 bits per heavy atom. The minimum absolute atomic E-state index is 0.208. The first kappa shape index (κ1) is 23.3. The van der Waals surface area contributed by atoms with Gasteiger partial charge in [0.05, 0.1) is 39.4 Å². The van der Waals surface area contributed by atoms with E-state index in [1.54, 1.807) is 17.8 Å². The van der Waals surface area contributed by atoms with Crippen LogP contribution in [-0.4, -0.2) is 71.7 Å². The van der Waals surface area contributed by atoms with E-state index in [0.29, 0.717) is 43.9 Å². The van der Waals surface area contributed by atoms with E-state index >= 15 is 0 Å². The third-order valence-corrected chi connectivity index (χ3v) is 3.80. The number of esters is 3. The maximum absolute atomic E-state index is 11.4. The molecule has 28 heavy (non-hydrogen) atoms. The third kappa shape index (κ3) is 9.26. The lowest BCUT2D eigenvalue weighted by molar-refractivity contribution is -0.141. The van der Waals surface area contributed by atoms with Gasteiger partial charge in [0.15, 0.2) is 0 Å². The van der Waals surface area contributed by atoms with E-state index in [2.05, 4.69) is 26.4 Å². The fourth-order valence-corrected chi connectivity index (χ4v) is 2.24. The Bertz CT molecular complexity index is 653. The van der Waals surface area contributed by atoms with Crippen LogP contribution in [0.25, 0.3) is 0 Å². The molecule has 1 rings (SSSR count). The summed E-state index contributed by atoms with van der Waals surface area (Å²) in [7, 11) is 2.67. The number of hydrogen-bond acceptors (Lipinski definition) is 9. The summed E-state index contributed by atoms with van der Waals surface area (Å²) in [6.45, 7) is 7.21. The third-order valence-electron chi connectivity index (χ3n) is 3.80. The zero-order valence-corrected chi connectivity index (χ0v) is 16.7. The minimum Gasteiger partial charge on any atom is -0.469 e. The zero-order chi connectivity index (χ0) is 20.9. The summed E-state index contributed by atoms with van der Waals surface area (Å²) >= 11 is 0. The van der Waals surface area contributed by atoms with Crippen molar-refractivity contribution in [1.82, 2.24) is 19.9 Å². The van der Waals surface area contributed by atoms with Crippen molar-refractivity contribution < 1.29 is 28.6 Å². The number of carbonyl (C=O) groups is 3. The molecule has 0 saturated heterocycles. The van der Waals surface area contributed by atoms with Gasteiger partial charge >= 0.3 is 17.9 Å². The molecule has 0 aliphatic carbocycles. The molecule has 0 N–H and O–H groups in total. The maximum Gasteiger partial charge on any atom is 0.333 e. The minimum atomic E-state index is -0.411. The van der Waals surface area contributed by atoms with Crippen LogP contribution in [0.2, 0.25) is 0 Å². The Hall–Kier alpha value is -2.75. The van der Waals surface area contributed by atoms with Gasteiger partial charge in [0, 0.05) is 44.4 Å². The quantitative estimate of drug-likeness (QED) is 0.206. The summed E-state index contributed by atoms with van der Waals surface area (Å²) in [5.74, 6) is -1.06. The summed E-state index contributed by atoms with van der Waals surface area (Å²) in [5, 5.41) is 8.15. The molecule has 0 aliphatic rings. The van der Waals surface area contributed by atoms with Crippen LogP contribution >= 0.6 is 0 Å². The first-order valence-corrected chi connectivity index (χ1v) is 8.93. The van der Waals surface area contributed by atoms with E-state index in [9.17, 15) is 14.4 Å². The highest BCUT2D eigenvalue weighted by Crippen LogP contribution is 2.05. The Morgan fingerprint density at radius 2 is 1.75 bits per heavy atom. The fourth-order valence-electron chi connectivity index (χ4n) is 2.24. The van der Waals surface area contributed by atoms with Crippen molar-refractivity contribution >= 4 is 17.9 Å². The number of hydrogen-bond donors (Lipinski definition) is 0. The summed E-state index contributed by atoms with van der Waals surface area (Å²) in [6.07, 6.45) is 2.79. The lowest BCUT2D eigenvalue weighted by Gasteiger charge is -2.19. The first-order chi connectivity index (χ1) is 13.3. The molecule has 10 nitrogen and oxygen atoms in total. The lowest BCUT2D eigenvalue weighted by atomic mass is 10.3. The van der Waals surface area contributed by atoms with Crippen molar-refractivity contribution in [2.45, 2.75) is 39.3 Å². The van der Waals surface area contributed by atoms with Crippen molar-refractivity contribution in [2.24, 2.45) is 0 Å². The topological polar surface area (TPSA) is 113 Å². The van der Waals surface area contributed by atoms with Gasteiger partial charge in [0.1, 0.15) is 0 Å². The molecule has 1 aromatic heterocycles. The van der Waals surface area contributed by atoms with Crippen LogP contribution in [0.4, 0.5) is 0 Å². The van der Waals surface area contributed by atoms with Crippen molar-refractivity contribution in [1.29, 1.82) is 0 Å². The van der Waals surface area contributed by atoms with Crippen LogP contribution in [0.15, 0.2) is 18.3 Å². The van der Waals surface area contributed by atoms with Gasteiger partial charge in [-0.1, -0.05) is 11.8 Å². The molecule has 0 fully saturated rings. The molecule has 1 heterocycles. The van der Waals surface area contributed by atoms with E-state index < -0.39 is 5.97 Å². The standard InChI is InChI=1S/C18H28N4O6/c1-14(2)18(25)28-11-5-8-22-13-15(19-20-22)12-21(9-6-16(23)26-3)10-7-17(24)27-4/h13H,1,5-12H2,2-4H3. The van der Waals surface area contributed by atoms with Crippen LogP contribution in [0.1, 0.15) is 31.9 Å². The van der Waals surface area contributed by atoms with E-state index in [0.717, 1.165) is 0 Å². The zero-order valence-electron chi connectivity index (χ0n) is 16.7. The lowest BCUT2D eigenvalue weighted by Crippen LogP contribution is -2.29. The van der Waals surface area contributed by atoms with Crippen LogP contribution in [0.5, 0.6) is 0 Å². The smallest absolute Gasteiger partial charge is 0.333 e. The fraction of sp³-hybridized carbons (Fsp3) is 0.611. The highest BCUT2D eigenvalue weighted by molar-refractivity contribution is 5.86. The van der Waals surface area contributed by atoms with Gasteiger partial charge in [0.2, 0.25) is 0 Å². The van der Waals surface area contributed by atoms with E-state index in [1.807, 2.05) is 4.90 Å². The van der Waals surface area contributed by atoms with Crippen molar-refractivity contribution in [2.75, 3.05) is 33.9 Å². The van der Waals surface area contributed by atoms with Gasteiger partial charge < -0.3 is 14.2 Å². The SMILES string of the molecule is C=C(C)C(=O)OCCCn1cc(CN(CCC(=O)OC)CCC(=O)OC)nn1. The van der Waals surface area contributed by atoms with Gasteiger partial charge in [-0.3, -0.25) is 19.2 Å². The molecule has 10 heteroatoms. The van der Waals surface area contributed by atoms with Crippen LogP contribution in [0, 0.1) is 0 Å². The van der Waals surface area contributed by atoms with Crippen LogP contribution in [0.3, 0.4) is 0 Å². The number of aryl methyl sites for hydroxylation is 1. The molecular weight excluding hydrogens is 368 g/mol. The van der Waals surface area contributed by atoms with Gasteiger partial charge in [0.25, 0.3) is 0 Å². The van der Waals surface area contributed by atoms with Crippen molar-refractivity contribution in [3.63, 3.8) is 0 Å². The number of carbonyl (C=O) groups excluding carboxylic acids is 3.